The number of imidazole rings is 2. The van der Waals surface area contributed by atoms with Crippen LogP contribution >= 0.6 is 0 Å². The first-order valence-electron chi connectivity index (χ1n) is 28.5. The fourth-order valence-electron chi connectivity index (χ4n) is 9.88. The number of carbonyl (C=O) groups is 2. The van der Waals surface area contributed by atoms with Crippen molar-refractivity contribution in [2.24, 2.45) is 5.92 Å². The SMILES string of the molecule is C.C#C[C@]1(CC)O[C@@H](n2cnc3c(NC(=O)OCCCCCCCCCCCCCC)nc(F)nc32)C[C@@H]1C.C#C[C@]1(CO)O[C@@H](n2cnc3c(NC(=O)OCCCCCCCCCCCCCC)nc(F)nc32)C[C@@H]1O.[B][B]. The molecule has 0 saturated carbocycles. The normalized spacial score (nSPS) is 20.3. The topological polar surface area (TPSA) is 223 Å². The van der Waals surface area contributed by atoms with Gasteiger partial charge in [-0.15, -0.1) is 12.8 Å². The zero-order chi connectivity index (χ0) is 56.8. The average molecular weight is 1100 g/mol. The summed E-state index contributed by atoms with van der Waals surface area (Å²) in [7, 11) is 8.00. The van der Waals surface area contributed by atoms with Gasteiger partial charge in [-0.2, -0.15) is 28.7 Å². The van der Waals surface area contributed by atoms with Gasteiger partial charge in [-0.3, -0.25) is 19.8 Å². The fraction of sp³-hybridized carbons (Fsp3) is 0.719. The molecular formula is C57H88B2F2N10O8. The fourth-order valence-corrected chi connectivity index (χ4v) is 9.88. The molecule has 0 unspecified atom stereocenters. The number of nitrogens with one attached hydrogen (secondary N) is 2. The molecule has 2 amide bonds. The number of unbranched alkanes of at least 4 members (excludes halogenated alkanes) is 22. The largest absolute Gasteiger partial charge is 0.449 e. The van der Waals surface area contributed by atoms with Crippen molar-refractivity contribution in [1.29, 1.82) is 0 Å². The molecule has 22 heteroatoms. The van der Waals surface area contributed by atoms with Crippen molar-refractivity contribution in [2.45, 2.75) is 238 Å². The molecule has 0 aromatic carbocycles. The molecule has 79 heavy (non-hydrogen) atoms. The Morgan fingerprint density at radius 3 is 1.33 bits per heavy atom. The van der Waals surface area contributed by atoms with E-state index < -0.39 is 60.7 Å². The highest BCUT2D eigenvalue weighted by molar-refractivity contribution is 6.75. The minimum Gasteiger partial charge on any atom is -0.449 e. The number of fused-ring (bicyclic) bond motifs is 2. The molecule has 2 aliphatic rings. The summed E-state index contributed by atoms with van der Waals surface area (Å²) in [6, 6.07) is 0. The zero-order valence-electron chi connectivity index (χ0n) is 46.7. The Balaban J connectivity index is 0.000000398. The lowest BCUT2D eigenvalue weighted by Crippen LogP contribution is -2.41. The van der Waals surface area contributed by atoms with Crippen molar-refractivity contribution >= 4 is 61.6 Å². The van der Waals surface area contributed by atoms with Crippen molar-refractivity contribution in [1.82, 2.24) is 39.0 Å². The average Bonchev–Trinajstić information content (AvgIpc) is 4.36. The number of hydrogen-bond acceptors (Lipinski definition) is 14. The van der Waals surface area contributed by atoms with E-state index >= 15 is 0 Å². The molecule has 4 radical (unpaired) electrons. The molecule has 18 nitrogen and oxygen atoms in total. The first kappa shape index (κ1) is 67.9. The number of aromatic nitrogens is 8. The summed E-state index contributed by atoms with van der Waals surface area (Å²) in [5.41, 5.74) is -1.61. The minimum absolute atomic E-state index is 0. The van der Waals surface area contributed by atoms with Crippen molar-refractivity contribution in [3.8, 4) is 24.7 Å². The Bertz CT molecular complexity index is 2320. The summed E-state index contributed by atoms with van der Waals surface area (Å²) in [5.74, 6) is 5.00. The van der Waals surface area contributed by atoms with Gasteiger partial charge in [0, 0.05) is 27.8 Å². The van der Waals surface area contributed by atoms with Crippen LogP contribution in [0.3, 0.4) is 0 Å². The molecule has 4 N–H and O–H groups in total. The van der Waals surface area contributed by atoms with E-state index in [0.29, 0.717) is 19.4 Å². The van der Waals surface area contributed by atoms with E-state index in [1.54, 1.807) is 4.57 Å². The van der Waals surface area contributed by atoms with E-state index in [4.69, 9.17) is 31.8 Å². The second kappa shape index (κ2) is 36.8. The number of rotatable bonds is 32. The zero-order valence-corrected chi connectivity index (χ0v) is 46.7. The van der Waals surface area contributed by atoms with E-state index in [-0.39, 0.29) is 60.3 Å². The minimum atomic E-state index is -1.58. The molecule has 0 bridgehead atoms. The molecule has 434 valence electrons. The van der Waals surface area contributed by atoms with Crippen LogP contribution in [-0.4, -0.2) is 114 Å². The Morgan fingerprint density at radius 1 is 0.646 bits per heavy atom. The number of nitrogens with zero attached hydrogens (tertiary/aromatic N) is 8. The second-order valence-corrected chi connectivity index (χ2v) is 20.2. The van der Waals surface area contributed by atoms with Crippen LogP contribution in [0.5, 0.6) is 0 Å². The lowest BCUT2D eigenvalue weighted by atomic mass is 9.81. The highest BCUT2D eigenvalue weighted by atomic mass is 19.1. The summed E-state index contributed by atoms with van der Waals surface area (Å²) in [4.78, 5) is 48.2. The highest BCUT2D eigenvalue weighted by Gasteiger charge is 2.48. The molecule has 4 aromatic heterocycles. The lowest BCUT2D eigenvalue weighted by Gasteiger charge is -2.25. The Morgan fingerprint density at radius 2 is 1.00 bits per heavy atom. The summed E-state index contributed by atoms with van der Waals surface area (Å²) >= 11 is 0. The van der Waals surface area contributed by atoms with Gasteiger partial charge in [-0.05, 0) is 25.7 Å². The lowest BCUT2D eigenvalue weighted by molar-refractivity contribution is -0.0891. The van der Waals surface area contributed by atoms with Crippen molar-refractivity contribution in [3.05, 3.63) is 24.8 Å². The van der Waals surface area contributed by atoms with Gasteiger partial charge in [0.25, 0.3) is 0 Å². The number of amides is 2. The molecular weight excluding hydrogens is 1010 g/mol. The third kappa shape index (κ3) is 20.6. The quantitative estimate of drug-likeness (QED) is 0.0155. The van der Waals surface area contributed by atoms with Gasteiger partial charge >= 0.3 is 24.3 Å². The van der Waals surface area contributed by atoms with Crippen LogP contribution < -0.4 is 10.6 Å². The van der Waals surface area contributed by atoms with Gasteiger partial charge in [0.15, 0.2) is 39.6 Å². The van der Waals surface area contributed by atoms with E-state index in [9.17, 15) is 28.6 Å². The Hall–Kier alpha value is -5.41. The third-order valence-electron chi connectivity index (χ3n) is 14.6. The summed E-state index contributed by atoms with van der Waals surface area (Å²) in [6.45, 7) is 8.46. The number of terminal acetylenes is 2. The van der Waals surface area contributed by atoms with Gasteiger partial charge in [-0.1, -0.05) is 188 Å². The van der Waals surface area contributed by atoms with Crippen molar-refractivity contribution < 1.29 is 47.5 Å². The molecule has 0 aliphatic carbocycles. The van der Waals surface area contributed by atoms with Crippen LogP contribution in [0.25, 0.3) is 22.3 Å². The highest BCUT2D eigenvalue weighted by Crippen LogP contribution is 2.44. The maximum Gasteiger partial charge on any atom is 0.412 e. The van der Waals surface area contributed by atoms with Crippen LogP contribution in [0.15, 0.2) is 12.7 Å². The summed E-state index contributed by atoms with van der Waals surface area (Å²) in [5, 5.41) is 24.8. The first-order chi connectivity index (χ1) is 37.9. The monoisotopic (exact) mass is 1100 g/mol. The summed E-state index contributed by atoms with van der Waals surface area (Å²) < 4.78 is 53.9. The standard InChI is InChI=1S/C29H44FN5O3.C27H40FN5O5.CH4.B2/c1-5-8-9-10-11-12-13-14-15-16-17-18-19-37-28(36)33-25-24-26(34-27(30)32-25)35(21-31-24)23-20-22(4)29(6-2,7-3)38-23;1-3-5-6-7-8-9-10-11-12-13-14-15-16-37-26(36)31-23-22-24(32-25(28)30-23)33(19-29-22)21-17-20(35)27(4-2,18-34)38-21;;1-2/h2,21-23H,5,7-20H2,1,3-4H3,(H,32,33,34,36);2,19-21,34-35H,3,5-18H2,1H3,(H,30,31,32,36);1H4;/t22-,23+,29+;20-,21+,27+;;/m00../s1. The first-order valence-corrected chi connectivity index (χ1v) is 28.5. The second-order valence-electron chi connectivity index (χ2n) is 20.2. The van der Waals surface area contributed by atoms with Gasteiger partial charge in [0.2, 0.25) is 0 Å². The molecule has 2 aliphatic heterocycles. The van der Waals surface area contributed by atoms with Gasteiger partial charge in [0.1, 0.15) is 24.2 Å². The van der Waals surface area contributed by atoms with Gasteiger partial charge < -0.3 is 29.2 Å². The predicted octanol–water partition coefficient (Wildman–Crippen LogP) is 12.3. The molecule has 2 saturated heterocycles. The molecule has 4 aromatic rings. The van der Waals surface area contributed by atoms with E-state index in [1.165, 1.54) is 133 Å². The molecule has 6 heterocycles. The van der Waals surface area contributed by atoms with Crippen LogP contribution in [0, 0.1) is 42.8 Å². The van der Waals surface area contributed by atoms with Crippen LogP contribution in [-0.2, 0) is 18.9 Å². The number of aliphatic hydroxyl groups is 2. The number of hydrogen-bond donors (Lipinski definition) is 4. The number of carbonyl (C=O) groups excluding carboxylic acids is 2. The Kier molecular flexibility index (Phi) is 31.6. The van der Waals surface area contributed by atoms with Crippen molar-refractivity contribution in [3.63, 3.8) is 0 Å². The van der Waals surface area contributed by atoms with Gasteiger partial charge in [-0.25, -0.2) is 19.6 Å². The third-order valence-corrected chi connectivity index (χ3v) is 14.6. The Labute approximate surface area is 470 Å². The van der Waals surface area contributed by atoms with Gasteiger partial charge in [0.05, 0.1) is 32.5 Å². The summed E-state index contributed by atoms with van der Waals surface area (Å²) in [6.07, 6.45) is 38.7. The maximum absolute atomic E-state index is 14.3. The molecule has 2 fully saturated rings. The molecule has 6 rings (SSSR count). The molecule has 0 spiro atoms. The van der Waals surface area contributed by atoms with Crippen molar-refractivity contribution in [2.75, 3.05) is 30.5 Å². The number of ether oxygens (including phenoxy) is 4. The van der Waals surface area contributed by atoms with E-state index in [1.807, 2.05) is 13.8 Å². The van der Waals surface area contributed by atoms with E-state index in [2.05, 4.69) is 81.7 Å². The number of aliphatic hydroxyl groups excluding tert-OH is 2. The van der Waals surface area contributed by atoms with Crippen LogP contribution in [0.4, 0.5) is 30.0 Å². The number of anilines is 2. The maximum atomic E-state index is 14.3. The number of halogens is 2. The molecule has 6 atom stereocenters. The van der Waals surface area contributed by atoms with Crippen LogP contribution in [0.1, 0.15) is 221 Å². The smallest absolute Gasteiger partial charge is 0.412 e. The van der Waals surface area contributed by atoms with E-state index in [0.717, 1.165) is 38.5 Å². The van der Waals surface area contributed by atoms with Crippen LogP contribution in [0.2, 0.25) is 0 Å². The predicted molar refractivity (Wildman–Crippen MR) is 306 cm³/mol.